The minimum absolute atomic E-state index is 0.0140. The van der Waals surface area contributed by atoms with Gasteiger partial charge in [-0.2, -0.15) is 17.9 Å². The zero-order valence-corrected chi connectivity index (χ0v) is 19.7. The van der Waals surface area contributed by atoms with Crippen molar-refractivity contribution in [3.05, 3.63) is 81.8 Å². The van der Waals surface area contributed by atoms with Gasteiger partial charge in [-0.15, -0.1) is 5.10 Å². The van der Waals surface area contributed by atoms with Gasteiger partial charge in [0, 0.05) is 18.8 Å². The Kier molecular flexibility index (Phi) is 7.13. The summed E-state index contributed by atoms with van der Waals surface area (Å²) in [5.74, 6) is 0.229. The van der Waals surface area contributed by atoms with E-state index in [-0.39, 0.29) is 28.6 Å². The van der Waals surface area contributed by atoms with Gasteiger partial charge in [0.05, 0.1) is 17.7 Å². The summed E-state index contributed by atoms with van der Waals surface area (Å²) in [6.07, 6.45) is -5.29. The van der Waals surface area contributed by atoms with Crippen LogP contribution in [0.5, 0.6) is 5.75 Å². The molecule has 35 heavy (non-hydrogen) atoms. The summed E-state index contributed by atoms with van der Waals surface area (Å²) >= 11 is 6.17. The van der Waals surface area contributed by atoms with Crippen molar-refractivity contribution >= 4 is 22.4 Å². The number of aromatic nitrogens is 4. The highest BCUT2D eigenvalue weighted by atomic mass is 35.5. The van der Waals surface area contributed by atoms with Crippen LogP contribution in [0.2, 0.25) is 5.15 Å². The number of ether oxygens (including phenoxy) is 2. The van der Waals surface area contributed by atoms with Gasteiger partial charge >= 0.3 is 11.9 Å². The molecule has 0 amide bonds. The SMILES string of the molecule is CCn1c(COCc2ccccc2)nn(-c2cc(OC(C)C(F)(F)F)c3c(Cl)nccc3c2)c1=O. The summed E-state index contributed by atoms with van der Waals surface area (Å²) in [6.45, 7) is 3.42. The summed E-state index contributed by atoms with van der Waals surface area (Å²) in [5, 5.41) is 5.04. The maximum atomic E-state index is 13.2. The fourth-order valence-electron chi connectivity index (χ4n) is 3.56. The van der Waals surface area contributed by atoms with Crippen LogP contribution in [0.15, 0.2) is 59.5 Å². The first-order valence-corrected chi connectivity index (χ1v) is 11.2. The highest BCUT2D eigenvalue weighted by Gasteiger charge is 2.38. The molecule has 1 unspecified atom stereocenters. The molecule has 0 saturated carbocycles. The molecule has 1 atom stereocenters. The van der Waals surface area contributed by atoms with Gasteiger partial charge in [-0.25, -0.2) is 9.78 Å². The molecular weight excluding hydrogens is 485 g/mol. The summed E-state index contributed by atoms with van der Waals surface area (Å²) in [5.41, 5.74) is 0.740. The van der Waals surface area contributed by atoms with Crippen molar-refractivity contribution in [2.24, 2.45) is 0 Å². The molecule has 0 saturated heterocycles. The van der Waals surface area contributed by atoms with Gasteiger partial charge in [-0.3, -0.25) is 4.57 Å². The molecule has 0 aliphatic carbocycles. The molecule has 2 heterocycles. The number of halogens is 4. The van der Waals surface area contributed by atoms with Crippen LogP contribution in [0.1, 0.15) is 25.2 Å². The molecule has 0 radical (unpaired) electrons. The van der Waals surface area contributed by atoms with Crippen molar-refractivity contribution in [2.45, 2.75) is 45.9 Å². The third kappa shape index (κ3) is 5.33. The van der Waals surface area contributed by atoms with Gasteiger partial charge < -0.3 is 9.47 Å². The van der Waals surface area contributed by atoms with Gasteiger partial charge in [0.2, 0.25) is 0 Å². The van der Waals surface area contributed by atoms with E-state index in [1.54, 1.807) is 19.1 Å². The van der Waals surface area contributed by atoms with E-state index < -0.39 is 18.0 Å². The molecule has 4 aromatic rings. The first-order chi connectivity index (χ1) is 16.7. The Balaban J connectivity index is 1.72. The van der Waals surface area contributed by atoms with Crippen molar-refractivity contribution in [1.29, 1.82) is 0 Å². The van der Waals surface area contributed by atoms with Crippen molar-refractivity contribution in [1.82, 2.24) is 19.3 Å². The molecule has 0 spiro atoms. The van der Waals surface area contributed by atoms with Gasteiger partial charge in [0.25, 0.3) is 0 Å². The van der Waals surface area contributed by atoms with Crippen molar-refractivity contribution < 1.29 is 22.6 Å². The average molecular weight is 507 g/mol. The summed E-state index contributed by atoms with van der Waals surface area (Å²) in [7, 11) is 0. The average Bonchev–Trinajstić information content (AvgIpc) is 3.14. The van der Waals surface area contributed by atoms with Crippen LogP contribution in [0.25, 0.3) is 16.5 Å². The standard InChI is InChI=1S/C24H22ClF3N4O3/c1-3-31-20(14-34-13-16-7-5-4-6-8-16)30-32(23(31)33)18-11-17-9-10-29-22(25)21(17)19(12-18)35-15(2)24(26,27)28/h4-12,15H,3,13-14H2,1-2H3. The highest BCUT2D eigenvalue weighted by molar-refractivity contribution is 6.34. The number of rotatable bonds is 8. The predicted octanol–water partition coefficient (Wildman–Crippen LogP) is 5.30. The summed E-state index contributed by atoms with van der Waals surface area (Å²) < 4.78 is 53.1. The second-order valence-electron chi connectivity index (χ2n) is 7.78. The largest absolute Gasteiger partial charge is 0.480 e. The summed E-state index contributed by atoms with van der Waals surface area (Å²) in [4.78, 5) is 17.0. The third-order valence-corrected chi connectivity index (χ3v) is 5.66. The first-order valence-electron chi connectivity index (χ1n) is 10.8. The van der Waals surface area contributed by atoms with Crippen LogP contribution >= 0.6 is 11.6 Å². The van der Waals surface area contributed by atoms with E-state index in [9.17, 15) is 18.0 Å². The third-order valence-electron chi connectivity index (χ3n) is 5.37. The molecule has 2 aromatic heterocycles. The van der Waals surface area contributed by atoms with Gasteiger partial charge in [-0.1, -0.05) is 41.9 Å². The molecule has 0 N–H and O–H groups in total. The Labute approximate surface area is 203 Å². The number of nitrogens with zero attached hydrogens (tertiary/aromatic N) is 4. The van der Waals surface area contributed by atoms with Crippen LogP contribution < -0.4 is 10.4 Å². The van der Waals surface area contributed by atoms with Gasteiger partial charge in [0.15, 0.2) is 11.9 Å². The number of benzene rings is 2. The van der Waals surface area contributed by atoms with Crippen molar-refractivity contribution in [3.63, 3.8) is 0 Å². The minimum Gasteiger partial charge on any atom is -0.480 e. The molecule has 11 heteroatoms. The first kappa shape index (κ1) is 24.7. The smallest absolute Gasteiger partial charge is 0.425 e. The lowest BCUT2D eigenvalue weighted by molar-refractivity contribution is -0.188. The molecule has 7 nitrogen and oxygen atoms in total. The lowest BCUT2D eigenvalue weighted by Crippen LogP contribution is -2.31. The zero-order valence-electron chi connectivity index (χ0n) is 18.9. The number of hydrogen-bond donors (Lipinski definition) is 0. The molecule has 0 bridgehead atoms. The predicted molar refractivity (Wildman–Crippen MR) is 125 cm³/mol. The Morgan fingerprint density at radius 2 is 1.86 bits per heavy atom. The molecule has 4 rings (SSSR count). The number of pyridine rings is 1. The van der Waals surface area contributed by atoms with Crippen molar-refractivity contribution in [2.75, 3.05) is 0 Å². The van der Waals surface area contributed by atoms with Crippen LogP contribution in [0.4, 0.5) is 13.2 Å². The van der Waals surface area contributed by atoms with E-state index in [0.717, 1.165) is 17.2 Å². The fraction of sp³-hybridized carbons (Fsp3) is 0.292. The van der Waals surface area contributed by atoms with E-state index >= 15 is 0 Å². The topological polar surface area (TPSA) is 71.2 Å². The number of hydrogen-bond acceptors (Lipinski definition) is 5. The van der Waals surface area contributed by atoms with Crippen LogP contribution in [0.3, 0.4) is 0 Å². The van der Waals surface area contributed by atoms with E-state index in [4.69, 9.17) is 21.1 Å². The Morgan fingerprint density at radius 3 is 2.54 bits per heavy atom. The zero-order chi connectivity index (χ0) is 25.2. The number of fused-ring (bicyclic) bond motifs is 1. The molecular formula is C24H22ClF3N4O3. The molecule has 184 valence electrons. The van der Waals surface area contributed by atoms with Crippen LogP contribution in [-0.4, -0.2) is 31.6 Å². The normalized spacial score (nSPS) is 12.7. The Hall–Kier alpha value is -3.37. The maximum absolute atomic E-state index is 13.2. The molecule has 0 aliphatic rings. The van der Waals surface area contributed by atoms with E-state index in [2.05, 4.69) is 10.1 Å². The van der Waals surface area contributed by atoms with E-state index in [0.29, 0.717) is 24.4 Å². The van der Waals surface area contributed by atoms with E-state index in [1.165, 1.54) is 16.8 Å². The second-order valence-corrected chi connectivity index (χ2v) is 8.14. The fourth-order valence-corrected chi connectivity index (χ4v) is 3.82. The number of alkyl halides is 3. The lowest BCUT2D eigenvalue weighted by Gasteiger charge is -2.19. The van der Waals surface area contributed by atoms with Crippen LogP contribution in [-0.2, 0) is 24.5 Å². The Morgan fingerprint density at radius 1 is 1.11 bits per heavy atom. The minimum atomic E-state index is -4.60. The quantitative estimate of drug-likeness (QED) is 0.303. The second kappa shape index (κ2) is 10.1. The highest BCUT2D eigenvalue weighted by Crippen LogP contribution is 2.35. The summed E-state index contributed by atoms with van der Waals surface area (Å²) in [6, 6.07) is 14.0. The molecule has 2 aromatic carbocycles. The molecule has 0 fully saturated rings. The lowest BCUT2D eigenvalue weighted by atomic mass is 10.1. The maximum Gasteiger partial charge on any atom is 0.425 e. The Bertz CT molecular complexity index is 1390. The van der Waals surface area contributed by atoms with E-state index in [1.807, 2.05) is 30.3 Å². The monoisotopic (exact) mass is 506 g/mol. The van der Waals surface area contributed by atoms with Crippen LogP contribution in [0, 0.1) is 0 Å². The van der Waals surface area contributed by atoms with Crippen molar-refractivity contribution in [3.8, 4) is 11.4 Å². The molecule has 0 aliphatic heterocycles. The van der Waals surface area contributed by atoms with Gasteiger partial charge in [0.1, 0.15) is 17.5 Å². The van der Waals surface area contributed by atoms with Gasteiger partial charge in [-0.05, 0) is 36.9 Å².